The quantitative estimate of drug-likeness (QED) is 0.387. The number of ether oxygens (including phenoxy) is 1. The number of aliphatic carboxylic acids is 1. The number of hydrogen-bond donors (Lipinski definition) is 3. The monoisotopic (exact) mass is 500 g/mol. The van der Waals surface area contributed by atoms with Gasteiger partial charge < -0.3 is 20.5 Å². The second kappa shape index (κ2) is 10.9. The minimum Gasteiger partial charge on any atom is -0.490 e. The molecule has 0 atom stereocenters. The SMILES string of the molecule is O=C(NCCNC(=O)c1cc2cccc(Cl)c2s1)c1ccc(O[C@H]2CC[C@@H](C(=O)O)CC2)cc1. The van der Waals surface area contributed by atoms with Crippen LogP contribution in [0.4, 0.5) is 0 Å². The Kier molecular flexibility index (Phi) is 7.70. The van der Waals surface area contributed by atoms with Crippen LogP contribution < -0.4 is 15.4 Å². The van der Waals surface area contributed by atoms with Crippen molar-refractivity contribution in [3.05, 3.63) is 64.0 Å². The molecule has 0 radical (unpaired) electrons. The van der Waals surface area contributed by atoms with Gasteiger partial charge in [0.25, 0.3) is 11.8 Å². The number of thiophene rings is 1. The topological polar surface area (TPSA) is 105 Å². The number of fused-ring (bicyclic) bond motifs is 1. The van der Waals surface area contributed by atoms with Crippen LogP contribution in [0.1, 0.15) is 45.7 Å². The Morgan fingerprint density at radius 2 is 1.65 bits per heavy atom. The van der Waals surface area contributed by atoms with E-state index in [4.69, 9.17) is 21.4 Å². The summed E-state index contributed by atoms with van der Waals surface area (Å²) in [4.78, 5) is 36.4. The van der Waals surface area contributed by atoms with Gasteiger partial charge in [-0.1, -0.05) is 23.7 Å². The fourth-order valence-corrected chi connectivity index (χ4v) is 5.26. The molecule has 9 heteroatoms. The van der Waals surface area contributed by atoms with E-state index >= 15 is 0 Å². The molecule has 34 heavy (non-hydrogen) atoms. The first-order valence-electron chi connectivity index (χ1n) is 11.1. The lowest BCUT2D eigenvalue weighted by molar-refractivity contribution is -0.143. The van der Waals surface area contributed by atoms with Crippen molar-refractivity contribution >= 4 is 50.8 Å². The lowest BCUT2D eigenvalue weighted by atomic mass is 9.87. The first kappa shape index (κ1) is 24.0. The van der Waals surface area contributed by atoms with E-state index in [1.807, 2.05) is 12.1 Å². The van der Waals surface area contributed by atoms with Crippen molar-refractivity contribution in [3.63, 3.8) is 0 Å². The van der Waals surface area contributed by atoms with Crippen molar-refractivity contribution < 1.29 is 24.2 Å². The molecule has 0 unspecified atom stereocenters. The number of carboxylic acids is 1. The van der Waals surface area contributed by atoms with Crippen molar-refractivity contribution in [1.29, 1.82) is 0 Å². The molecule has 178 valence electrons. The molecule has 0 aliphatic heterocycles. The number of rotatable bonds is 8. The van der Waals surface area contributed by atoms with E-state index in [2.05, 4.69) is 10.6 Å². The fraction of sp³-hybridized carbons (Fsp3) is 0.320. The molecule has 1 aromatic heterocycles. The maximum absolute atomic E-state index is 12.4. The molecule has 0 saturated heterocycles. The van der Waals surface area contributed by atoms with Crippen LogP contribution in [-0.2, 0) is 4.79 Å². The van der Waals surface area contributed by atoms with Gasteiger partial charge in [0.1, 0.15) is 5.75 Å². The van der Waals surface area contributed by atoms with Gasteiger partial charge in [0.15, 0.2) is 0 Å². The smallest absolute Gasteiger partial charge is 0.306 e. The third kappa shape index (κ3) is 5.87. The third-order valence-corrected chi connectivity index (χ3v) is 7.47. The summed E-state index contributed by atoms with van der Waals surface area (Å²) in [6, 6.07) is 14.2. The van der Waals surface area contributed by atoms with Gasteiger partial charge in [0, 0.05) is 18.7 Å². The molecule has 1 heterocycles. The number of benzene rings is 2. The average Bonchev–Trinajstić information content (AvgIpc) is 3.28. The van der Waals surface area contributed by atoms with Crippen molar-refractivity contribution in [3.8, 4) is 5.75 Å². The van der Waals surface area contributed by atoms with Crippen molar-refractivity contribution in [1.82, 2.24) is 10.6 Å². The van der Waals surface area contributed by atoms with Gasteiger partial charge in [-0.05, 0) is 67.5 Å². The Balaban J connectivity index is 1.20. The summed E-state index contributed by atoms with van der Waals surface area (Å²) in [5.74, 6) is -0.801. The molecule has 1 saturated carbocycles. The van der Waals surface area contributed by atoms with Crippen LogP contribution in [0.25, 0.3) is 10.1 Å². The zero-order chi connectivity index (χ0) is 24.1. The first-order chi connectivity index (χ1) is 16.4. The Morgan fingerprint density at radius 1 is 0.971 bits per heavy atom. The molecule has 3 aromatic rings. The number of amides is 2. The van der Waals surface area contributed by atoms with E-state index in [9.17, 15) is 14.4 Å². The highest BCUT2D eigenvalue weighted by Crippen LogP contribution is 2.31. The number of nitrogens with one attached hydrogen (secondary N) is 2. The van der Waals surface area contributed by atoms with Gasteiger partial charge in [-0.25, -0.2) is 0 Å². The maximum atomic E-state index is 12.4. The minimum absolute atomic E-state index is 0.00384. The molecule has 1 fully saturated rings. The molecule has 7 nitrogen and oxygen atoms in total. The Bertz CT molecular complexity index is 1190. The van der Waals surface area contributed by atoms with E-state index in [1.165, 1.54) is 11.3 Å². The molecule has 2 amide bonds. The summed E-state index contributed by atoms with van der Waals surface area (Å²) in [7, 11) is 0. The Hall–Kier alpha value is -3.10. The summed E-state index contributed by atoms with van der Waals surface area (Å²) in [6.07, 6.45) is 2.65. The van der Waals surface area contributed by atoms with Gasteiger partial charge >= 0.3 is 5.97 Å². The maximum Gasteiger partial charge on any atom is 0.306 e. The molecule has 2 aromatic carbocycles. The molecule has 0 spiro atoms. The predicted molar refractivity (Wildman–Crippen MR) is 132 cm³/mol. The molecule has 4 rings (SSSR count). The second-order valence-corrected chi connectivity index (χ2v) is 9.69. The average molecular weight is 501 g/mol. The Morgan fingerprint density at radius 3 is 2.29 bits per heavy atom. The number of carbonyl (C=O) groups is 3. The lowest BCUT2D eigenvalue weighted by Crippen LogP contribution is -2.34. The summed E-state index contributed by atoms with van der Waals surface area (Å²) in [6.45, 7) is 0.591. The number of carbonyl (C=O) groups excluding carboxylic acids is 2. The second-order valence-electron chi connectivity index (χ2n) is 8.23. The van der Waals surface area contributed by atoms with Gasteiger partial charge in [-0.2, -0.15) is 0 Å². The summed E-state index contributed by atoms with van der Waals surface area (Å²) < 4.78 is 6.81. The number of carboxylic acid groups (broad SMARTS) is 1. The van der Waals surface area contributed by atoms with E-state index in [0.717, 1.165) is 10.1 Å². The molecular weight excluding hydrogens is 476 g/mol. The van der Waals surface area contributed by atoms with E-state index in [1.54, 1.807) is 36.4 Å². The molecule has 0 bridgehead atoms. The molecule has 1 aliphatic rings. The molecular formula is C25H25ClN2O5S. The van der Waals surface area contributed by atoms with Crippen molar-refractivity contribution in [2.75, 3.05) is 13.1 Å². The van der Waals surface area contributed by atoms with Crippen molar-refractivity contribution in [2.24, 2.45) is 5.92 Å². The zero-order valence-electron chi connectivity index (χ0n) is 18.4. The zero-order valence-corrected chi connectivity index (χ0v) is 20.0. The van der Waals surface area contributed by atoms with Crippen LogP contribution in [0.3, 0.4) is 0 Å². The molecule has 3 N–H and O–H groups in total. The first-order valence-corrected chi connectivity index (χ1v) is 12.3. The van der Waals surface area contributed by atoms with E-state index in [0.29, 0.717) is 60.0 Å². The minimum atomic E-state index is -0.738. The third-order valence-electron chi connectivity index (χ3n) is 5.86. The summed E-state index contributed by atoms with van der Waals surface area (Å²) in [5.41, 5.74) is 0.493. The molecule has 1 aliphatic carbocycles. The predicted octanol–water partition coefficient (Wildman–Crippen LogP) is 4.74. The standard InChI is InChI=1S/C25H25ClN2O5S/c26-20-3-1-2-17-14-21(34-22(17)20)24(30)28-13-12-27-23(29)15-4-8-18(9-5-15)33-19-10-6-16(7-11-19)25(31)32/h1-5,8-9,14,16,19H,6-7,10-13H2,(H,27,29)(H,28,30)(H,31,32)/t16-,19+. The van der Waals surface area contributed by atoms with Crippen LogP contribution in [-0.4, -0.2) is 42.1 Å². The highest BCUT2D eigenvalue weighted by molar-refractivity contribution is 7.21. The van der Waals surface area contributed by atoms with Gasteiger partial charge in [-0.15, -0.1) is 11.3 Å². The lowest BCUT2D eigenvalue weighted by Gasteiger charge is -2.26. The van der Waals surface area contributed by atoms with Gasteiger partial charge in [-0.3, -0.25) is 14.4 Å². The highest BCUT2D eigenvalue weighted by atomic mass is 35.5. The van der Waals surface area contributed by atoms with Crippen LogP contribution in [0.2, 0.25) is 5.02 Å². The van der Waals surface area contributed by atoms with Crippen molar-refractivity contribution in [2.45, 2.75) is 31.8 Å². The largest absolute Gasteiger partial charge is 0.490 e. The van der Waals surface area contributed by atoms with Crippen LogP contribution in [0.5, 0.6) is 5.75 Å². The summed E-state index contributed by atoms with van der Waals surface area (Å²) in [5, 5.41) is 16.2. The fourth-order valence-electron chi connectivity index (χ4n) is 3.99. The summed E-state index contributed by atoms with van der Waals surface area (Å²) >= 11 is 7.51. The van der Waals surface area contributed by atoms with E-state index < -0.39 is 5.97 Å². The van der Waals surface area contributed by atoms with Gasteiger partial charge in [0.05, 0.1) is 26.6 Å². The van der Waals surface area contributed by atoms with E-state index in [-0.39, 0.29) is 23.8 Å². The van der Waals surface area contributed by atoms with Crippen LogP contribution >= 0.6 is 22.9 Å². The number of hydrogen-bond acceptors (Lipinski definition) is 5. The highest BCUT2D eigenvalue weighted by Gasteiger charge is 2.26. The van der Waals surface area contributed by atoms with Crippen LogP contribution in [0, 0.1) is 5.92 Å². The normalized spacial score (nSPS) is 17.8. The Labute approximate surface area is 206 Å². The van der Waals surface area contributed by atoms with Crippen LogP contribution in [0.15, 0.2) is 48.5 Å². The number of halogens is 1. The van der Waals surface area contributed by atoms with Gasteiger partial charge in [0.2, 0.25) is 0 Å².